The number of carbonyl (C=O) groups is 1. The van der Waals surface area contributed by atoms with Crippen LogP contribution in [0.4, 0.5) is 4.79 Å². The van der Waals surface area contributed by atoms with Crippen molar-refractivity contribution in [2.45, 2.75) is 32.8 Å². The van der Waals surface area contributed by atoms with E-state index in [4.69, 9.17) is 16.3 Å². The van der Waals surface area contributed by atoms with Gasteiger partial charge in [0.2, 0.25) is 0 Å². The second kappa shape index (κ2) is 7.01. The molecule has 0 heterocycles. The summed E-state index contributed by atoms with van der Waals surface area (Å²) >= 11 is 5.51. The van der Waals surface area contributed by atoms with E-state index in [1.54, 1.807) is 11.9 Å². The van der Waals surface area contributed by atoms with Crippen molar-refractivity contribution in [3.8, 4) is 0 Å². The zero-order valence-electron chi connectivity index (χ0n) is 8.55. The van der Waals surface area contributed by atoms with Gasteiger partial charge in [-0.2, -0.15) is 0 Å². The summed E-state index contributed by atoms with van der Waals surface area (Å²) in [5, 5.41) is 0. The summed E-state index contributed by atoms with van der Waals surface area (Å²) in [5.41, 5.74) is 0. The third kappa shape index (κ3) is 6.70. The van der Waals surface area contributed by atoms with Crippen molar-refractivity contribution in [3.63, 3.8) is 0 Å². The molecule has 0 aliphatic heterocycles. The molecule has 0 spiro atoms. The summed E-state index contributed by atoms with van der Waals surface area (Å²) in [6, 6.07) is 0. The molecule has 0 saturated carbocycles. The molecule has 0 unspecified atom stereocenters. The van der Waals surface area contributed by atoms with Gasteiger partial charge >= 0.3 is 6.09 Å². The van der Waals surface area contributed by atoms with Crippen molar-refractivity contribution in [1.29, 1.82) is 0 Å². The van der Waals surface area contributed by atoms with Crippen molar-refractivity contribution in [2.24, 2.45) is 0 Å². The molecular formula is C9H18ClNO2. The molecule has 0 aromatic rings. The molecule has 13 heavy (non-hydrogen) atoms. The second-order valence-electron chi connectivity index (χ2n) is 3.25. The SMILES string of the molecule is CC(C)OC(=O)N(C)CCCCCl. The maximum Gasteiger partial charge on any atom is 0.409 e. The van der Waals surface area contributed by atoms with Gasteiger partial charge in [0, 0.05) is 19.5 Å². The first-order valence-corrected chi connectivity index (χ1v) is 5.09. The number of unbranched alkanes of at least 4 members (excludes halogenated alkanes) is 1. The molecule has 0 bridgehead atoms. The van der Waals surface area contributed by atoms with Crippen molar-refractivity contribution >= 4 is 17.7 Å². The smallest absolute Gasteiger partial charge is 0.409 e. The molecule has 0 radical (unpaired) electrons. The van der Waals surface area contributed by atoms with Crippen LogP contribution in [-0.4, -0.2) is 36.6 Å². The van der Waals surface area contributed by atoms with Gasteiger partial charge in [0.1, 0.15) is 0 Å². The van der Waals surface area contributed by atoms with E-state index in [1.165, 1.54) is 0 Å². The molecule has 0 aliphatic rings. The lowest BCUT2D eigenvalue weighted by atomic mass is 10.3. The lowest BCUT2D eigenvalue weighted by Gasteiger charge is -2.18. The number of halogens is 1. The molecule has 0 atom stereocenters. The van der Waals surface area contributed by atoms with Gasteiger partial charge in [-0.1, -0.05) is 0 Å². The van der Waals surface area contributed by atoms with Crippen LogP contribution < -0.4 is 0 Å². The van der Waals surface area contributed by atoms with Crippen molar-refractivity contribution in [1.82, 2.24) is 4.90 Å². The molecule has 3 nitrogen and oxygen atoms in total. The van der Waals surface area contributed by atoms with Crippen LogP contribution in [-0.2, 0) is 4.74 Å². The molecule has 0 N–H and O–H groups in total. The van der Waals surface area contributed by atoms with Gasteiger partial charge in [0.15, 0.2) is 0 Å². The number of rotatable bonds is 5. The second-order valence-corrected chi connectivity index (χ2v) is 3.63. The fourth-order valence-electron chi connectivity index (χ4n) is 0.826. The van der Waals surface area contributed by atoms with Crippen molar-refractivity contribution in [3.05, 3.63) is 0 Å². The highest BCUT2D eigenvalue weighted by molar-refractivity contribution is 6.17. The van der Waals surface area contributed by atoms with Gasteiger partial charge in [-0.3, -0.25) is 0 Å². The summed E-state index contributed by atoms with van der Waals surface area (Å²) in [6.45, 7) is 4.38. The monoisotopic (exact) mass is 207 g/mol. The van der Waals surface area contributed by atoms with Gasteiger partial charge in [-0.15, -0.1) is 11.6 Å². The minimum absolute atomic E-state index is 0.0528. The first-order chi connectivity index (χ1) is 6.07. The van der Waals surface area contributed by atoms with Crippen LogP contribution in [0.15, 0.2) is 0 Å². The largest absolute Gasteiger partial charge is 0.447 e. The minimum Gasteiger partial charge on any atom is -0.447 e. The van der Waals surface area contributed by atoms with E-state index in [-0.39, 0.29) is 12.2 Å². The summed E-state index contributed by atoms with van der Waals surface area (Å²) < 4.78 is 5.00. The predicted molar refractivity (Wildman–Crippen MR) is 54.2 cm³/mol. The lowest BCUT2D eigenvalue weighted by molar-refractivity contribution is 0.0838. The number of hydrogen-bond acceptors (Lipinski definition) is 2. The summed E-state index contributed by atoms with van der Waals surface area (Å²) in [7, 11) is 1.74. The van der Waals surface area contributed by atoms with Crippen LogP contribution in [0.25, 0.3) is 0 Å². The zero-order chi connectivity index (χ0) is 10.3. The van der Waals surface area contributed by atoms with Crippen LogP contribution >= 0.6 is 11.6 Å². The third-order valence-corrected chi connectivity index (χ3v) is 1.79. The topological polar surface area (TPSA) is 29.5 Å². The first kappa shape index (κ1) is 12.6. The Balaban J connectivity index is 3.57. The number of hydrogen-bond donors (Lipinski definition) is 0. The fraction of sp³-hybridized carbons (Fsp3) is 0.889. The highest BCUT2D eigenvalue weighted by Crippen LogP contribution is 1.99. The van der Waals surface area contributed by atoms with Gasteiger partial charge in [0.25, 0.3) is 0 Å². The van der Waals surface area contributed by atoms with E-state index in [0.29, 0.717) is 12.4 Å². The molecule has 0 aliphatic carbocycles. The maximum atomic E-state index is 11.2. The van der Waals surface area contributed by atoms with Crippen LogP contribution in [0.5, 0.6) is 0 Å². The summed E-state index contributed by atoms with van der Waals surface area (Å²) in [5.74, 6) is 0.646. The van der Waals surface area contributed by atoms with Gasteiger partial charge in [0.05, 0.1) is 6.10 Å². The third-order valence-electron chi connectivity index (χ3n) is 1.53. The molecule has 0 rings (SSSR count). The average molecular weight is 208 g/mol. The Kier molecular flexibility index (Phi) is 6.77. The highest BCUT2D eigenvalue weighted by atomic mass is 35.5. The van der Waals surface area contributed by atoms with Crippen LogP contribution in [0, 0.1) is 0 Å². The molecule has 1 amide bonds. The van der Waals surface area contributed by atoms with E-state index in [9.17, 15) is 4.79 Å². The van der Waals surface area contributed by atoms with Gasteiger partial charge in [-0.05, 0) is 26.7 Å². The maximum absolute atomic E-state index is 11.2. The number of ether oxygens (including phenoxy) is 1. The number of alkyl halides is 1. The molecule has 0 fully saturated rings. The summed E-state index contributed by atoms with van der Waals surface area (Å²) in [4.78, 5) is 12.8. The molecule has 0 saturated heterocycles. The van der Waals surface area contributed by atoms with E-state index in [2.05, 4.69) is 0 Å². The Bertz CT molecular complexity index is 151. The molecule has 78 valence electrons. The van der Waals surface area contributed by atoms with Crippen molar-refractivity contribution < 1.29 is 9.53 Å². The Labute approximate surface area is 85.0 Å². The van der Waals surface area contributed by atoms with Gasteiger partial charge < -0.3 is 9.64 Å². The molecule has 0 aromatic carbocycles. The Morgan fingerprint density at radius 2 is 2.08 bits per heavy atom. The predicted octanol–water partition coefficient (Wildman–Crippen LogP) is 2.48. The van der Waals surface area contributed by atoms with E-state index in [1.807, 2.05) is 13.8 Å². The zero-order valence-corrected chi connectivity index (χ0v) is 9.30. The quantitative estimate of drug-likeness (QED) is 0.512. The highest BCUT2D eigenvalue weighted by Gasteiger charge is 2.10. The normalized spacial score (nSPS) is 10.2. The molecular weight excluding hydrogens is 190 g/mol. The number of carbonyl (C=O) groups excluding carboxylic acids is 1. The molecule has 4 heteroatoms. The van der Waals surface area contributed by atoms with E-state index < -0.39 is 0 Å². The number of amides is 1. The lowest BCUT2D eigenvalue weighted by Crippen LogP contribution is -2.30. The van der Waals surface area contributed by atoms with Gasteiger partial charge in [-0.25, -0.2) is 4.79 Å². The van der Waals surface area contributed by atoms with E-state index in [0.717, 1.165) is 12.8 Å². The standard InChI is InChI=1S/C9H18ClNO2/c1-8(2)13-9(12)11(3)7-5-4-6-10/h8H,4-7H2,1-3H3. The van der Waals surface area contributed by atoms with Crippen LogP contribution in [0.1, 0.15) is 26.7 Å². The Morgan fingerprint density at radius 1 is 1.46 bits per heavy atom. The minimum atomic E-state index is -0.260. The first-order valence-electron chi connectivity index (χ1n) is 4.55. The van der Waals surface area contributed by atoms with Crippen LogP contribution in [0.3, 0.4) is 0 Å². The summed E-state index contributed by atoms with van der Waals surface area (Å²) in [6.07, 6.45) is 1.54. The van der Waals surface area contributed by atoms with Crippen LogP contribution in [0.2, 0.25) is 0 Å². The number of nitrogens with zero attached hydrogens (tertiary/aromatic N) is 1. The Hall–Kier alpha value is -0.440. The Morgan fingerprint density at radius 3 is 2.54 bits per heavy atom. The average Bonchev–Trinajstić information content (AvgIpc) is 2.03. The van der Waals surface area contributed by atoms with E-state index >= 15 is 0 Å². The van der Waals surface area contributed by atoms with Crippen molar-refractivity contribution in [2.75, 3.05) is 19.5 Å². The molecule has 0 aromatic heterocycles. The fourth-order valence-corrected chi connectivity index (χ4v) is 1.02.